The molecule has 1 amide bonds. The summed E-state index contributed by atoms with van der Waals surface area (Å²) in [5, 5.41) is 9.02. The fraction of sp³-hybridized carbons (Fsp3) is 0. The first-order valence-electron chi connectivity index (χ1n) is 9.92. The maximum Gasteiger partial charge on any atom is 0.257 e. The minimum absolute atomic E-state index is 0.169. The molecule has 0 aliphatic rings. The van der Waals surface area contributed by atoms with E-state index in [1.807, 2.05) is 48.5 Å². The van der Waals surface area contributed by atoms with Crippen LogP contribution in [0.3, 0.4) is 0 Å². The number of hydrogen-bond donors (Lipinski definition) is 3. The zero-order valence-electron chi connectivity index (χ0n) is 16.7. The molecular formula is C25H17ClN4O2. The van der Waals surface area contributed by atoms with Crippen LogP contribution in [0.4, 0.5) is 17.1 Å². The van der Waals surface area contributed by atoms with Gasteiger partial charge in [0.15, 0.2) is 0 Å². The molecule has 156 valence electrons. The number of fused-ring (bicyclic) bond motifs is 3. The third-order valence-electron chi connectivity index (χ3n) is 5.13. The highest BCUT2D eigenvalue weighted by Gasteiger charge is 2.11. The second-order valence-corrected chi connectivity index (χ2v) is 7.69. The van der Waals surface area contributed by atoms with Crippen molar-refractivity contribution >= 4 is 56.4 Å². The van der Waals surface area contributed by atoms with Crippen LogP contribution in [0.2, 0.25) is 5.02 Å². The Hall–Kier alpha value is -4.16. The minimum atomic E-state index is -0.233. The molecule has 7 heteroatoms. The summed E-state index contributed by atoms with van der Waals surface area (Å²) in [6, 6.07) is 23.5. The molecule has 2 heterocycles. The van der Waals surface area contributed by atoms with E-state index < -0.39 is 0 Å². The summed E-state index contributed by atoms with van der Waals surface area (Å²) in [7, 11) is 0. The first kappa shape index (κ1) is 19.8. The number of benzene rings is 3. The van der Waals surface area contributed by atoms with E-state index in [4.69, 9.17) is 11.6 Å². The van der Waals surface area contributed by atoms with E-state index in [0.29, 0.717) is 27.3 Å². The molecule has 0 aliphatic carbocycles. The molecule has 5 aromatic rings. The quantitative estimate of drug-likeness (QED) is 0.312. The average Bonchev–Trinajstić information content (AvgIpc) is 2.80. The second kappa shape index (κ2) is 8.17. The number of anilines is 3. The van der Waals surface area contributed by atoms with E-state index in [9.17, 15) is 9.59 Å². The summed E-state index contributed by atoms with van der Waals surface area (Å²) in [6.45, 7) is 0. The number of nitrogens with zero attached hydrogens (tertiary/aromatic N) is 1. The van der Waals surface area contributed by atoms with Gasteiger partial charge in [-0.25, -0.2) is 4.98 Å². The highest BCUT2D eigenvalue weighted by Crippen LogP contribution is 2.29. The average molecular weight is 441 g/mol. The van der Waals surface area contributed by atoms with E-state index in [1.54, 1.807) is 36.5 Å². The van der Waals surface area contributed by atoms with Crippen LogP contribution in [-0.4, -0.2) is 15.9 Å². The Labute approximate surface area is 187 Å². The minimum Gasteiger partial charge on any atom is -0.355 e. The first-order valence-corrected chi connectivity index (χ1v) is 10.3. The normalized spacial score (nSPS) is 10.9. The molecule has 0 radical (unpaired) electrons. The molecule has 0 saturated heterocycles. The Morgan fingerprint density at radius 1 is 0.875 bits per heavy atom. The van der Waals surface area contributed by atoms with Crippen molar-refractivity contribution in [1.29, 1.82) is 0 Å². The number of hydrogen-bond acceptors (Lipinski definition) is 4. The van der Waals surface area contributed by atoms with Crippen molar-refractivity contribution in [1.82, 2.24) is 9.97 Å². The third-order valence-corrected chi connectivity index (χ3v) is 5.37. The van der Waals surface area contributed by atoms with Gasteiger partial charge >= 0.3 is 0 Å². The molecule has 3 aromatic carbocycles. The topological polar surface area (TPSA) is 86.9 Å². The Morgan fingerprint density at radius 3 is 2.41 bits per heavy atom. The van der Waals surface area contributed by atoms with E-state index in [-0.39, 0.29) is 11.5 Å². The Morgan fingerprint density at radius 2 is 1.62 bits per heavy atom. The van der Waals surface area contributed by atoms with Crippen LogP contribution in [0.15, 0.2) is 89.9 Å². The smallest absolute Gasteiger partial charge is 0.257 e. The lowest BCUT2D eigenvalue weighted by molar-refractivity contribution is 0.102. The number of rotatable bonds is 4. The van der Waals surface area contributed by atoms with Gasteiger partial charge in [-0.15, -0.1) is 0 Å². The number of carbonyl (C=O) groups is 1. The molecule has 0 fully saturated rings. The predicted octanol–water partition coefficient (Wildman–Crippen LogP) is 5.73. The van der Waals surface area contributed by atoms with Gasteiger partial charge in [0.1, 0.15) is 5.65 Å². The van der Waals surface area contributed by atoms with Gasteiger partial charge in [0.25, 0.3) is 11.5 Å². The van der Waals surface area contributed by atoms with E-state index in [1.165, 1.54) is 0 Å². The zero-order chi connectivity index (χ0) is 22.1. The van der Waals surface area contributed by atoms with Gasteiger partial charge in [-0.05, 0) is 54.6 Å². The molecule has 0 saturated carbocycles. The lowest BCUT2D eigenvalue weighted by Crippen LogP contribution is -2.11. The van der Waals surface area contributed by atoms with Crippen LogP contribution in [-0.2, 0) is 0 Å². The SMILES string of the molecule is O=C(Nc1ccc(Nc2ccnc3[nH]c(=O)c4ccccc4c23)cc1)c1cccc(Cl)c1. The predicted molar refractivity (Wildman–Crippen MR) is 129 cm³/mol. The van der Waals surface area contributed by atoms with E-state index in [2.05, 4.69) is 20.6 Å². The number of pyridine rings is 2. The molecule has 0 bridgehead atoms. The summed E-state index contributed by atoms with van der Waals surface area (Å²) in [6.07, 6.45) is 1.65. The van der Waals surface area contributed by atoms with Crippen molar-refractivity contribution in [2.45, 2.75) is 0 Å². The van der Waals surface area contributed by atoms with Crippen LogP contribution in [0.1, 0.15) is 10.4 Å². The molecule has 0 aliphatic heterocycles. The van der Waals surface area contributed by atoms with Crippen molar-refractivity contribution in [2.75, 3.05) is 10.6 Å². The molecule has 0 atom stereocenters. The number of halogens is 1. The summed E-state index contributed by atoms with van der Waals surface area (Å²) in [5.41, 5.74) is 3.15. The van der Waals surface area contributed by atoms with Crippen molar-refractivity contribution < 1.29 is 4.79 Å². The highest BCUT2D eigenvalue weighted by atomic mass is 35.5. The summed E-state index contributed by atoms with van der Waals surface area (Å²) in [5.74, 6) is -0.233. The zero-order valence-corrected chi connectivity index (χ0v) is 17.5. The van der Waals surface area contributed by atoms with Crippen LogP contribution < -0.4 is 16.2 Å². The number of amides is 1. The number of aromatic amines is 1. The Balaban J connectivity index is 1.43. The van der Waals surface area contributed by atoms with Gasteiger partial charge in [-0.1, -0.05) is 35.9 Å². The maximum atomic E-state index is 12.4. The molecule has 2 aromatic heterocycles. The standard InChI is InChI=1S/C25H17ClN4O2/c26-16-5-3-4-15(14-16)24(31)29-18-10-8-17(9-11-18)28-21-12-13-27-23-22(21)19-6-1-2-7-20(19)25(32)30-23/h1-14H,(H,29,31)(H2,27,28,30,32). The largest absolute Gasteiger partial charge is 0.355 e. The fourth-order valence-corrected chi connectivity index (χ4v) is 3.82. The second-order valence-electron chi connectivity index (χ2n) is 7.25. The lowest BCUT2D eigenvalue weighted by Gasteiger charge is -2.12. The van der Waals surface area contributed by atoms with Crippen LogP contribution in [0.5, 0.6) is 0 Å². The summed E-state index contributed by atoms with van der Waals surface area (Å²) < 4.78 is 0. The molecule has 32 heavy (non-hydrogen) atoms. The van der Waals surface area contributed by atoms with Gasteiger partial charge in [0.2, 0.25) is 0 Å². The fourth-order valence-electron chi connectivity index (χ4n) is 3.63. The first-order chi connectivity index (χ1) is 15.6. The van der Waals surface area contributed by atoms with Gasteiger partial charge in [0, 0.05) is 44.3 Å². The maximum absolute atomic E-state index is 12.4. The summed E-state index contributed by atoms with van der Waals surface area (Å²) >= 11 is 5.96. The number of nitrogens with one attached hydrogen (secondary N) is 3. The molecule has 6 nitrogen and oxygen atoms in total. The van der Waals surface area contributed by atoms with E-state index >= 15 is 0 Å². The van der Waals surface area contributed by atoms with E-state index in [0.717, 1.165) is 22.1 Å². The lowest BCUT2D eigenvalue weighted by atomic mass is 10.1. The number of H-pyrrole nitrogens is 1. The Kier molecular flexibility index (Phi) is 5.05. The van der Waals surface area contributed by atoms with Crippen molar-refractivity contribution in [2.24, 2.45) is 0 Å². The van der Waals surface area contributed by atoms with Crippen molar-refractivity contribution in [3.8, 4) is 0 Å². The van der Waals surface area contributed by atoms with Gasteiger partial charge in [-0.3, -0.25) is 9.59 Å². The van der Waals surface area contributed by atoms with Gasteiger partial charge in [-0.2, -0.15) is 0 Å². The molecule has 0 spiro atoms. The van der Waals surface area contributed by atoms with Crippen LogP contribution in [0, 0.1) is 0 Å². The van der Waals surface area contributed by atoms with Crippen LogP contribution in [0.25, 0.3) is 21.8 Å². The molecule has 0 unspecified atom stereocenters. The van der Waals surface area contributed by atoms with Crippen molar-refractivity contribution in [3.05, 3.63) is 106 Å². The monoisotopic (exact) mass is 440 g/mol. The molecule has 5 rings (SSSR count). The van der Waals surface area contributed by atoms with Crippen LogP contribution >= 0.6 is 11.6 Å². The van der Waals surface area contributed by atoms with Crippen molar-refractivity contribution in [3.63, 3.8) is 0 Å². The van der Waals surface area contributed by atoms with Gasteiger partial charge < -0.3 is 15.6 Å². The molecular weight excluding hydrogens is 424 g/mol. The Bertz CT molecular complexity index is 1530. The summed E-state index contributed by atoms with van der Waals surface area (Å²) in [4.78, 5) is 31.9. The highest BCUT2D eigenvalue weighted by molar-refractivity contribution is 6.31. The van der Waals surface area contributed by atoms with Gasteiger partial charge in [0.05, 0.1) is 5.69 Å². The third kappa shape index (κ3) is 3.79. The molecule has 3 N–H and O–H groups in total. The number of carbonyl (C=O) groups excluding carboxylic acids is 1. The number of aromatic nitrogens is 2.